The van der Waals surface area contributed by atoms with Crippen molar-refractivity contribution in [1.29, 1.82) is 0 Å². The third-order valence-electron chi connectivity index (χ3n) is 3.81. The zero-order valence-corrected chi connectivity index (χ0v) is 11.2. The van der Waals surface area contributed by atoms with Crippen LogP contribution in [0.3, 0.4) is 0 Å². The molecule has 0 aliphatic heterocycles. The van der Waals surface area contributed by atoms with Crippen LogP contribution in [0.25, 0.3) is 0 Å². The fraction of sp³-hybridized carbons (Fsp3) is 0.917. The number of hydrogen-bond donors (Lipinski definition) is 1. The Morgan fingerprint density at radius 1 is 1.50 bits per heavy atom. The summed E-state index contributed by atoms with van der Waals surface area (Å²) in [6.07, 6.45) is 1.44. The van der Waals surface area contributed by atoms with Crippen molar-refractivity contribution in [3.63, 3.8) is 0 Å². The Balaban J connectivity index is 2.83. The van der Waals surface area contributed by atoms with Crippen LogP contribution in [-0.4, -0.2) is 28.7 Å². The van der Waals surface area contributed by atoms with Crippen molar-refractivity contribution < 1.29 is 14.6 Å². The monoisotopic (exact) mass is 248 g/mol. The third kappa shape index (κ3) is 2.69. The van der Waals surface area contributed by atoms with Gasteiger partial charge in [-0.2, -0.15) is 0 Å². The number of esters is 1. The van der Waals surface area contributed by atoms with Crippen molar-refractivity contribution in [2.24, 2.45) is 11.3 Å². The molecule has 1 N–H and O–H groups in total. The number of carbonyl (C=O) groups is 1. The first kappa shape index (κ1) is 13.8. The topological polar surface area (TPSA) is 46.5 Å². The number of halogens is 1. The molecule has 3 nitrogen and oxygen atoms in total. The predicted molar refractivity (Wildman–Crippen MR) is 63.4 cm³/mol. The number of hydrogen-bond acceptors (Lipinski definition) is 3. The van der Waals surface area contributed by atoms with E-state index in [0.29, 0.717) is 6.42 Å². The van der Waals surface area contributed by atoms with Crippen molar-refractivity contribution in [3.8, 4) is 0 Å². The van der Waals surface area contributed by atoms with Gasteiger partial charge in [-0.1, -0.05) is 13.8 Å². The molecule has 1 fully saturated rings. The first-order chi connectivity index (χ1) is 7.18. The van der Waals surface area contributed by atoms with Crippen LogP contribution in [0, 0.1) is 11.3 Å². The number of ether oxygens (including phenoxy) is 1. The van der Waals surface area contributed by atoms with Crippen LogP contribution < -0.4 is 0 Å². The Hall–Kier alpha value is -0.280. The Morgan fingerprint density at radius 2 is 2.06 bits per heavy atom. The van der Waals surface area contributed by atoms with Crippen LogP contribution >= 0.6 is 11.6 Å². The minimum atomic E-state index is -0.815. The summed E-state index contributed by atoms with van der Waals surface area (Å²) in [7, 11) is 0. The maximum atomic E-state index is 10.9. The zero-order valence-electron chi connectivity index (χ0n) is 10.4. The molecular formula is C12H21ClO3. The summed E-state index contributed by atoms with van der Waals surface area (Å²) in [4.78, 5) is 10.9. The minimum absolute atomic E-state index is 0.00767. The van der Waals surface area contributed by atoms with E-state index in [1.807, 2.05) is 13.8 Å². The van der Waals surface area contributed by atoms with Gasteiger partial charge in [0.1, 0.15) is 0 Å². The van der Waals surface area contributed by atoms with Gasteiger partial charge < -0.3 is 9.84 Å². The van der Waals surface area contributed by atoms with Crippen molar-refractivity contribution in [2.45, 2.75) is 51.5 Å². The molecule has 1 saturated carbocycles. The molecule has 0 saturated heterocycles. The molecule has 0 aromatic carbocycles. The summed E-state index contributed by atoms with van der Waals surface area (Å²) in [5.41, 5.74) is -1.05. The standard InChI is InChI=1S/C12H21ClO3/c1-8(14)16-7-9-11(2,3)10(13)5-6-12(9,4)15/h9-10,15H,5-7H2,1-4H3/t9-,10+,12+/m1/s1. The highest BCUT2D eigenvalue weighted by molar-refractivity contribution is 6.21. The summed E-state index contributed by atoms with van der Waals surface area (Å²) in [6, 6.07) is 0. The van der Waals surface area contributed by atoms with Crippen molar-refractivity contribution in [3.05, 3.63) is 0 Å². The third-order valence-corrected chi connectivity index (χ3v) is 4.59. The van der Waals surface area contributed by atoms with E-state index in [2.05, 4.69) is 0 Å². The van der Waals surface area contributed by atoms with Crippen LogP contribution in [0.2, 0.25) is 0 Å². The van der Waals surface area contributed by atoms with E-state index >= 15 is 0 Å². The number of alkyl halides is 1. The number of aliphatic hydroxyl groups is 1. The van der Waals surface area contributed by atoms with Gasteiger partial charge in [0.05, 0.1) is 12.2 Å². The molecule has 0 amide bonds. The molecule has 0 unspecified atom stereocenters. The van der Waals surface area contributed by atoms with Gasteiger partial charge in [0.15, 0.2) is 0 Å². The lowest BCUT2D eigenvalue weighted by molar-refractivity contribution is -0.154. The molecule has 0 bridgehead atoms. The molecule has 0 aromatic heterocycles. The molecule has 0 radical (unpaired) electrons. The molecule has 1 aliphatic rings. The quantitative estimate of drug-likeness (QED) is 0.603. The summed E-state index contributed by atoms with van der Waals surface area (Å²) in [5, 5.41) is 10.4. The van der Waals surface area contributed by atoms with Crippen molar-refractivity contribution in [1.82, 2.24) is 0 Å². The Labute approximate surface area is 102 Å². The highest BCUT2D eigenvalue weighted by atomic mass is 35.5. The van der Waals surface area contributed by atoms with Gasteiger partial charge in [0, 0.05) is 18.2 Å². The van der Waals surface area contributed by atoms with Gasteiger partial charge in [0.2, 0.25) is 0 Å². The molecule has 0 heterocycles. The maximum absolute atomic E-state index is 10.9. The summed E-state index contributed by atoms with van der Waals surface area (Å²) < 4.78 is 5.04. The van der Waals surface area contributed by atoms with Gasteiger partial charge in [-0.25, -0.2) is 0 Å². The molecule has 1 rings (SSSR count). The van der Waals surface area contributed by atoms with Crippen LogP contribution in [-0.2, 0) is 9.53 Å². The lowest BCUT2D eigenvalue weighted by atomic mass is 9.62. The second-order valence-corrected chi connectivity index (χ2v) is 6.07. The largest absolute Gasteiger partial charge is 0.465 e. The van der Waals surface area contributed by atoms with E-state index in [-0.39, 0.29) is 29.3 Å². The molecule has 94 valence electrons. The van der Waals surface area contributed by atoms with Gasteiger partial charge in [-0.3, -0.25) is 4.79 Å². The normalized spacial score (nSPS) is 38.1. The fourth-order valence-electron chi connectivity index (χ4n) is 2.58. The van der Waals surface area contributed by atoms with E-state index in [0.717, 1.165) is 6.42 Å². The van der Waals surface area contributed by atoms with Gasteiger partial charge in [0.25, 0.3) is 0 Å². The smallest absolute Gasteiger partial charge is 0.302 e. The Morgan fingerprint density at radius 3 is 2.56 bits per heavy atom. The molecule has 0 aromatic rings. The second-order valence-electron chi connectivity index (χ2n) is 5.54. The molecule has 3 atom stereocenters. The lowest BCUT2D eigenvalue weighted by Gasteiger charge is -2.50. The highest BCUT2D eigenvalue weighted by Gasteiger charge is 2.50. The molecule has 4 heteroatoms. The van der Waals surface area contributed by atoms with Gasteiger partial charge in [-0.05, 0) is 25.2 Å². The van der Waals surface area contributed by atoms with Crippen LogP contribution in [0.1, 0.15) is 40.5 Å². The van der Waals surface area contributed by atoms with E-state index in [1.165, 1.54) is 6.92 Å². The van der Waals surface area contributed by atoms with Gasteiger partial charge >= 0.3 is 5.97 Å². The van der Waals surface area contributed by atoms with Crippen LogP contribution in [0.15, 0.2) is 0 Å². The SMILES string of the molecule is CC(=O)OC[C@@H]1C(C)(C)[C@@H](Cl)CC[C@]1(C)O. The van der Waals surface area contributed by atoms with Crippen molar-refractivity contribution in [2.75, 3.05) is 6.61 Å². The number of rotatable bonds is 2. The fourth-order valence-corrected chi connectivity index (χ4v) is 2.84. The average Bonchev–Trinajstić information content (AvgIpc) is 2.11. The Bertz CT molecular complexity index is 273. The van der Waals surface area contributed by atoms with Crippen LogP contribution in [0.5, 0.6) is 0 Å². The zero-order chi connectivity index (χ0) is 12.6. The van der Waals surface area contributed by atoms with Gasteiger partial charge in [-0.15, -0.1) is 11.6 Å². The Kier molecular flexibility index (Phi) is 3.91. The summed E-state index contributed by atoms with van der Waals surface area (Å²) >= 11 is 6.29. The maximum Gasteiger partial charge on any atom is 0.302 e. The second kappa shape index (κ2) is 4.53. The lowest BCUT2D eigenvalue weighted by Crippen LogP contribution is -2.54. The van der Waals surface area contributed by atoms with E-state index in [4.69, 9.17) is 16.3 Å². The highest BCUT2D eigenvalue weighted by Crippen LogP contribution is 2.48. The first-order valence-electron chi connectivity index (χ1n) is 5.67. The van der Waals surface area contributed by atoms with E-state index in [1.54, 1.807) is 6.92 Å². The average molecular weight is 249 g/mol. The van der Waals surface area contributed by atoms with Crippen molar-refractivity contribution >= 4 is 17.6 Å². The minimum Gasteiger partial charge on any atom is -0.465 e. The van der Waals surface area contributed by atoms with E-state index in [9.17, 15) is 9.90 Å². The molecule has 1 aliphatic carbocycles. The molecule has 0 spiro atoms. The summed E-state index contributed by atoms with van der Waals surface area (Å²) in [6.45, 7) is 7.45. The first-order valence-corrected chi connectivity index (χ1v) is 6.11. The number of carbonyl (C=O) groups excluding carboxylic acids is 1. The molecule has 16 heavy (non-hydrogen) atoms. The van der Waals surface area contributed by atoms with Crippen LogP contribution in [0.4, 0.5) is 0 Å². The molecular weight excluding hydrogens is 228 g/mol. The predicted octanol–water partition coefficient (Wildman–Crippen LogP) is 2.34. The summed E-state index contributed by atoms with van der Waals surface area (Å²) in [5.74, 6) is -0.441. The van der Waals surface area contributed by atoms with E-state index < -0.39 is 5.60 Å².